The first kappa shape index (κ1) is 17.0. The van der Waals surface area contributed by atoms with E-state index >= 15 is 0 Å². The average molecular weight is 312 g/mol. The first-order valence-corrected chi connectivity index (χ1v) is 7.54. The molecule has 0 amide bonds. The second kappa shape index (κ2) is 8.25. The zero-order valence-corrected chi connectivity index (χ0v) is 11.8. The van der Waals surface area contributed by atoms with E-state index in [1.807, 2.05) is 6.92 Å². The Morgan fingerprint density at radius 3 is 2.90 bits per heavy atom. The van der Waals surface area contributed by atoms with Gasteiger partial charge in [0, 0.05) is 18.7 Å². The molecule has 0 atom stereocenters. The van der Waals surface area contributed by atoms with Crippen LogP contribution in [0.15, 0.2) is 11.2 Å². The van der Waals surface area contributed by atoms with Crippen LogP contribution in [0.4, 0.5) is 8.78 Å². The summed E-state index contributed by atoms with van der Waals surface area (Å²) >= 11 is 0. The highest BCUT2D eigenvalue weighted by atomic mass is 32.2. The second-order valence-corrected chi connectivity index (χ2v) is 5.57. The highest BCUT2D eigenvalue weighted by molar-refractivity contribution is 7.89. The van der Waals surface area contributed by atoms with Gasteiger partial charge in [0.25, 0.3) is 16.4 Å². The van der Waals surface area contributed by atoms with Crippen molar-refractivity contribution in [2.75, 3.05) is 26.3 Å². The number of nitrogens with one attached hydrogen (secondary N) is 3. The Balaban J connectivity index is 2.50. The van der Waals surface area contributed by atoms with Gasteiger partial charge < -0.3 is 10.1 Å². The highest BCUT2D eigenvalue weighted by Crippen LogP contribution is 2.11. The summed E-state index contributed by atoms with van der Waals surface area (Å²) in [5, 5.41) is 9.06. The van der Waals surface area contributed by atoms with Crippen molar-refractivity contribution in [1.29, 1.82) is 0 Å². The van der Waals surface area contributed by atoms with Crippen LogP contribution < -0.4 is 10.0 Å². The minimum Gasteiger partial charge on any atom is -0.374 e. The summed E-state index contributed by atoms with van der Waals surface area (Å²) in [6, 6.07) is 0. The summed E-state index contributed by atoms with van der Waals surface area (Å²) in [6.07, 6.45) is -1.14. The molecule has 10 heteroatoms. The van der Waals surface area contributed by atoms with Crippen molar-refractivity contribution in [3.8, 4) is 0 Å². The van der Waals surface area contributed by atoms with Gasteiger partial charge in [-0.15, -0.1) is 0 Å². The normalized spacial score (nSPS) is 12.2. The quantitative estimate of drug-likeness (QED) is 0.532. The molecule has 0 aliphatic heterocycles. The molecule has 0 radical (unpaired) electrons. The Kier molecular flexibility index (Phi) is 6.99. The van der Waals surface area contributed by atoms with Crippen LogP contribution in [0.2, 0.25) is 0 Å². The second-order valence-electron chi connectivity index (χ2n) is 3.87. The lowest BCUT2D eigenvalue weighted by molar-refractivity contribution is 0.0199. The standard InChI is InChI=1S/C10H18F2N4O3S/c1-2-13-5-8-6-14-16-10(8)20(17,18)15-3-4-19-7-9(11)12/h6,9,13,15H,2-5,7H2,1H3,(H,14,16). The van der Waals surface area contributed by atoms with E-state index in [4.69, 9.17) is 0 Å². The largest absolute Gasteiger partial charge is 0.374 e. The van der Waals surface area contributed by atoms with Gasteiger partial charge >= 0.3 is 0 Å². The molecule has 0 aromatic carbocycles. The molecule has 0 bridgehead atoms. The highest BCUT2D eigenvalue weighted by Gasteiger charge is 2.20. The molecule has 0 unspecified atom stereocenters. The number of hydrogen-bond acceptors (Lipinski definition) is 5. The van der Waals surface area contributed by atoms with Crippen molar-refractivity contribution in [3.05, 3.63) is 11.8 Å². The average Bonchev–Trinajstić information content (AvgIpc) is 2.84. The molecule has 116 valence electrons. The van der Waals surface area contributed by atoms with Crippen molar-refractivity contribution in [2.24, 2.45) is 0 Å². The topological polar surface area (TPSA) is 96.1 Å². The van der Waals surface area contributed by atoms with Crippen LogP contribution in [-0.4, -0.2) is 51.3 Å². The fourth-order valence-electron chi connectivity index (χ4n) is 1.41. The first-order valence-electron chi connectivity index (χ1n) is 6.06. The van der Waals surface area contributed by atoms with E-state index in [2.05, 4.69) is 25.0 Å². The molecular formula is C10H18F2N4O3S. The third-order valence-corrected chi connectivity index (χ3v) is 3.77. The molecule has 0 saturated heterocycles. The van der Waals surface area contributed by atoms with Crippen LogP contribution >= 0.6 is 0 Å². The number of rotatable bonds is 10. The zero-order valence-electron chi connectivity index (χ0n) is 11.0. The summed E-state index contributed by atoms with van der Waals surface area (Å²) in [5.41, 5.74) is 0.507. The van der Waals surface area contributed by atoms with Crippen molar-refractivity contribution in [1.82, 2.24) is 20.2 Å². The number of sulfonamides is 1. The molecule has 0 saturated carbocycles. The molecule has 0 aliphatic rings. The fourth-order valence-corrected chi connectivity index (χ4v) is 2.55. The number of nitrogens with zero attached hydrogens (tertiary/aromatic N) is 1. The number of alkyl halides is 2. The van der Waals surface area contributed by atoms with Gasteiger partial charge in [-0.2, -0.15) is 5.10 Å². The Morgan fingerprint density at radius 1 is 1.50 bits per heavy atom. The smallest absolute Gasteiger partial charge is 0.261 e. The summed E-state index contributed by atoms with van der Waals surface area (Å²) in [6.45, 7) is 2.03. The number of ether oxygens (including phenoxy) is 1. The summed E-state index contributed by atoms with van der Waals surface area (Å²) < 4.78 is 54.4. The van der Waals surface area contributed by atoms with Crippen LogP contribution in [0.1, 0.15) is 12.5 Å². The van der Waals surface area contributed by atoms with Crippen LogP contribution in [0.3, 0.4) is 0 Å². The van der Waals surface area contributed by atoms with Crippen LogP contribution in [-0.2, 0) is 21.3 Å². The van der Waals surface area contributed by atoms with E-state index in [0.717, 1.165) is 0 Å². The van der Waals surface area contributed by atoms with E-state index in [1.165, 1.54) is 6.20 Å². The molecule has 0 aliphatic carbocycles. The molecule has 1 aromatic heterocycles. The maximum Gasteiger partial charge on any atom is 0.261 e. The molecule has 20 heavy (non-hydrogen) atoms. The predicted octanol–water partition coefficient (Wildman–Crippen LogP) is 0.0792. The molecular weight excluding hydrogens is 294 g/mol. The number of H-pyrrole nitrogens is 1. The minimum absolute atomic E-state index is 0.0349. The van der Waals surface area contributed by atoms with Crippen LogP contribution in [0.25, 0.3) is 0 Å². The Hall–Kier alpha value is -1.10. The molecule has 3 N–H and O–H groups in total. The predicted molar refractivity (Wildman–Crippen MR) is 68.0 cm³/mol. The van der Waals surface area contributed by atoms with Crippen molar-refractivity contribution in [3.63, 3.8) is 0 Å². The van der Waals surface area contributed by atoms with E-state index in [9.17, 15) is 17.2 Å². The van der Waals surface area contributed by atoms with Crippen LogP contribution in [0, 0.1) is 0 Å². The summed E-state index contributed by atoms with van der Waals surface area (Å²) in [4.78, 5) is 0. The Bertz CT molecular complexity index is 492. The number of hydrogen-bond donors (Lipinski definition) is 3. The molecule has 1 heterocycles. The Morgan fingerprint density at radius 2 is 2.25 bits per heavy atom. The summed E-state index contributed by atoms with van der Waals surface area (Å²) in [5.74, 6) is 0. The zero-order chi connectivity index (χ0) is 15.0. The van der Waals surface area contributed by atoms with E-state index in [1.54, 1.807) is 0 Å². The SMILES string of the molecule is CCNCc1cn[nH]c1S(=O)(=O)NCCOCC(F)F. The molecule has 7 nitrogen and oxygen atoms in total. The van der Waals surface area contributed by atoms with Gasteiger partial charge in [0.1, 0.15) is 6.61 Å². The van der Waals surface area contributed by atoms with Crippen molar-refractivity contribution < 1.29 is 21.9 Å². The van der Waals surface area contributed by atoms with Gasteiger partial charge in [0.15, 0.2) is 5.03 Å². The van der Waals surface area contributed by atoms with Gasteiger partial charge in [0.05, 0.1) is 12.8 Å². The van der Waals surface area contributed by atoms with E-state index in [0.29, 0.717) is 18.7 Å². The van der Waals surface area contributed by atoms with Crippen molar-refractivity contribution in [2.45, 2.75) is 24.9 Å². The monoisotopic (exact) mass is 312 g/mol. The van der Waals surface area contributed by atoms with E-state index in [-0.39, 0.29) is 18.2 Å². The van der Waals surface area contributed by atoms with Gasteiger partial charge in [0.2, 0.25) is 0 Å². The van der Waals surface area contributed by atoms with Crippen molar-refractivity contribution >= 4 is 10.0 Å². The van der Waals surface area contributed by atoms with Gasteiger partial charge in [-0.05, 0) is 6.54 Å². The first-order chi connectivity index (χ1) is 9.47. The lowest BCUT2D eigenvalue weighted by Gasteiger charge is -2.08. The summed E-state index contributed by atoms with van der Waals surface area (Å²) in [7, 11) is -3.75. The third-order valence-electron chi connectivity index (χ3n) is 2.29. The number of aromatic nitrogens is 2. The lowest BCUT2D eigenvalue weighted by Crippen LogP contribution is -2.29. The van der Waals surface area contributed by atoms with Gasteiger partial charge in [-0.25, -0.2) is 21.9 Å². The number of halogens is 2. The maximum absolute atomic E-state index is 12.0. The number of aromatic amines is 1. The third kappa shape index (κ3) is 5.49. The lowest BCUT2D eigenvalue weighted by atomic mass is 10.3. The molecule has 1 aromatic rings. The fraction of sp³-hybridized carbons (Fsp3) is 0.700. The van der Waals surface area contributed by atoms with Gasteiger partial charge in [-0.3, -0.25) is 5.10 Å². The molecule has 0 fully saturated rings. The minimum atomic E-state index is -3.75. The maximum atomic E-state index is 12.0. The molecule has 0 spiro atoms. The molecule has 1 rings (SSSR count). The van der Waals surface area contributed by atoms with Gasteiger partial charge in [-0.1, -0.05) is 6.92 Å². The van der Waals surface area contributed by atoms with E-state index < -0.39 is 23.1 Å². The van der Waals surface area contributed by atoms with Crippen LogP contribution in [0.5, 0.6) is 0 Å². The Labute approximate surface area is 116 Å².